The summed E-state index contributed by atoms with van der Waals surface area (Å²) in [4.78, 5) is 13.1. The lowest BCUT2D eigenvalue weighted by Gasteiger charge is -2.15. The summed E-state index contributed by atoms with van der Waals surface area (Å²) in [6.45, 7) is 0. The van der Waals surface area contributed by atoms with E-state index in [0.717, 1.165) is 21.9 Å². The average Bonchev–Trinajstić information content (AvgIpc) is 3.21. The summed E-state index contributed by atoms with van der Waals surface area (Å²) in [7, 11) is 4.72. The molecule has 0 unspecified atom stereocenters. The Labute approximate surface area is 168 Å². The molecule has 2 N–H and O–H groups in total. The second kappa shape index (κ2) is 9.14. The predicted octanol–water partition coefficient (Wildman–Crippen LogP) is 4.70. The lowest BCUT2D eigenvalue weighted by Crippen LogP contribution is -2.13. The molecular formula is C21H22N2O4S. The summed E-state index contributed by atoms with van der Waals surface area (Å²) in [5.41, 5.74) is 2.41. The highest BCUT2D eigenvalue weighted by Gasteiger charge is 2.13. The standard InChI is InChI=1S/C21H22N2O4S/c1-25-18-11-16(12-19(26-2)21(18)27-3)22-14-6-8-15(9-7-14)23-20(24)13-17-5-4-10-28-17/h4-12,22H,13H2,1-3H3,(H,23,24). The number of benzene rings is 2. The summed E-state index contributed by atoms with van der Waals surface area (Å²) >= 11 is 1.57. The summed E-state index contributed by atoms with van der Waals surface area (Å²) in [6.07, 6.45) is 0.378. The quantitative estimate of drug-likeness (QED) is 0.576. The molecule has 3 rings (SSSR count). The Hall–Kier alpha value is -3.19. The van der Waals surface area contributed by atoms with Gasteiger partial charge in [-0.2, -0.15) is 0 Å². The molecule has 0 aliphatic rings. The van der Waals surface area contributed by atoms with Crippen molar-refractivity contribution in [2.45, 2.75) is 6.42 Å². The van der Waals surface area contributed by atoms with E-state index < -0.39 is 0 Å². The van der Waals surface area contributed by atoms with Gasteiger partial charge >= 0.3 is 0 Å². The van der Waals surface area contributed by atoms with Gasteiger partial charge < -0.3 is 24.8 Å². The Balaban J connectivity index is 1.68. The van der Waals surface area contributed by atoms with Gasteiger partial charge in [0.2, 0.25) is 11.7 Å². The third-order valence-electron chi connectivity index (χ3n) is 4.04. The zero-order valence-electron chi connectivity index (χ0n) is 15.9. The van der Waals surface area contributed by atoms with Gasteiger partial charge in [0.1, 0.15) is 0 Å². The van der Waals surface area contributed by atoms with Crippen LogP contribution in [0.4, 0.5) is 17.1 Å². The van der Waals surface area contributed by atoms with E-state index in [1.807, 2.05) is 53.9 Å². The molecule has 0 spiro atoms. The van der Waals surface area contributed by atoms with Gasteiger partial charge in [-0.3, -0.25) is 4.79 Å². The molecule has 1 amide bonds. The molecule has 0 saturated carbocycles. The number of anilines is 3. The zero-order chi connectivity index (χ0) is 19.9. The van der Waals surface area contributed by atoms with Gasteiger partial charge in [-0.25, -0.2) is 0 Å². The molecule has 146 valence electrons. The van der Waals surface area contributed by atoms with Gasteiger partial charge in [0, 0.05) is 34.1 Å². The number of hydrogen-bond donors (Lipinski definition) is 2. The van der Waals surface area contributed by atoms with E-state index >= 15 is 0 Å². The number of rotatable bonds is 8. The van der Waals surface area contributed by atoms with Crippen LogP contribution < -0.4 is 24.8 Å². The van der Waals surface area contributed by atoms with Crippen molar-refractivity contribution in [1.29, 1.82) is 0 Å². The molecule has 1 heterocycles. The monoisotopic (exact) mass is 398 g/mol. The van der Waals surface area contributed by atoms with E-state index in [-0.39, 0.29) is 5.91 Å². The molecule has 0 saturated heterocycles. The molecule has 2 aromatic carbocycles. The summed E-state index contributed by atoms with van der Waals surface area (Å²) in [6, 6.07) is 15.1. The van der Waals surface area contributed by atoms with E-state index in [2.05, 4.69) is 10.6 Å². The minimum absolute atomic E-state index is 0.0345. The van der Waals surface area contributed by atoms with Crippen molar-refractivity contribution >= 4 is 34.3 Å². The van der Waals surface area contributed by atoms with Gasteiger partial charge in [-0.1, -0.05) is 6.07 Å². The Kier molecular flexibility index (Phi) is 6.39. The van der Waals surface area contributed by atoms with Crippen LogP contribution in [0.25, 0.3) is 0 Å². The van der Waals surface area contributed by atoms with Crippen LogP contribution in [-0.4, -0.2) is 27.2 Å². The maximum absolute atomic E-state index is 12.1. The number of ether oxygens (including phenoxy) is 3. The van der Waals surface area contributed by atoms with E-state index in [4.69, 9.17) is 14.2 Å². The van der Waals surface area contributed by atoms with Crippen LogP contribution in [0.3, 0.4) is 0 Å². The number of methoxy groups -OCH3 is 3. The lowest BCUT2D eigenvalue weighted by atomic mass is 10.2. The minimum atomic E-state index is -0.0345. The number of carbonyl (C=O) groups is 1. The molecular weight excluding hydrogens is 376 g/mol. The van der Waals surface area contributed by atoms with Gasteiger partial charge in [-0.05, 0) is 35.7 Å². The van der Waals surface area contributed by atoms with Crippen LogP contribution >= 0.6 is 11.3 Å². The maximum Gasteiger partial charge on any atom is 0.229 e. The summed E-state index contributed by atoms with van der Waals surface area (Å²) < 4.78 is 16.1. The average molecular weight is 398 g/mol. The first kappa shape index (κ1) is 19.6. The first-order valence-electron chi connectivity index (χ1n) is 8.62. The van der Waals surface area contributed by atoms with E-state index in [1.54, 1.807) is 32.7 Å². The molecule has 28 heavy (non-hydrogen) atoms. The lowest BCUT2D eigenvalue weighted by molar-refractivity contribution is -0.115. The molecule has 7 heteroatoms. The molecule has 0 radical (unpaired) electrons. The minimum Gasteiger partial charge on any atom is -0.493 e. The Morgan fingerprint density at radius 1 is 0.893 bits per heavy atom. The fourth-order valence-corrected chi connectivity index (χ4v) is 3.44. The first-order chi connectivity index (χ1) is 13.6. The largest absolute Gasteiger partial charge is 0.493 e. The highest BCUT2D eigenvalue weighted by atomic mass is 32.1. The number of carbonyl (C=O) groups excluding carboxylic acids is 1. The van der Waals surface area contributed by atoms with Crippen molar-refractivity contribution in [3.8, 4) is 17.2 Å². The molecule has 0 aliphatic carbocycles. The zero-order valence-corrected chi connectivity index (χ0v) is 16.8. The first-order valence-corrected chi connectivity index (χ1v) is 9.50. The molecule has 0 fully saturated rings. The fraction of sp³-hybridized carbons (Fsp3) is 0.190. The van der Waals surface area contributed by atoms with Gasteiger partial charge in [0.05, 0.1) is 27.8 Å². The van der Waals surface area contributed by atoms with Crippen LogP contribution in [0.1, 0.15) is 4.88 Å². The van der Waals surface area contributed by atoms with Crippen molar-refractivity contribution in [3.63, 3.8) is 0 Å². The summed E-state index contributed by atoms with van der Waals surface area (Å²) in [5, 5.41) is 8.17. The number of thiophene rings is 1. The second-order valence-corrected chi connectivity index (χ2v) is 6.95. The molecule has 0 aliphatic heterocycles. The normalized spacial score (nSPS) is 10.2. The third-order valence-corrected chi connectivity index (χ3v) is 4.91. The third kappa shape index (κ3) is 4.75. The Morgan fingerprint density at radius 3 is 2.07 bits per heavy atom. The van der Waals surface area contributed by atoms with Crippen LogP contribution in [0.2, 0.25) is 0 Å². The highest BCUT2D eigenvalue weighted by Crippen LogP contribution is 2.40. The highest BCUT2D eigenvalue weighted by molar-refractivity contribution is 7.10. The molecule has 0 bridgehead atoms. The number of hydrogen-bond acceptors (Lipinski definition) is 6. The van der Waals surface area contributed by atoms with E-state index in [9.17, 15) is 4.79 Å². The molecule has 3 aromatic rings. The van der Waals surface area contributed by atoms with E-state index in [1.165, 1.54) is 0 Å². The maximum atomic E-state index is 12.1. The van der Waals surface area contributed by atoms with Crippen molar-refractivity contribution in [2.24, 2.45) is 0 Å². The van der Waals surface area contributed by atoms with Crippen molar-refractivity contribution in [3.05, 3.63) is 58.8 Å². The fourth-order valence-electron chi connectivity index (χ4n) is 2.73. The Morgan fingerprint density at radius 2 is 1.54 bits per heavy atom. The summed E-state index contributed by atoms with van der Waals surface area (Å²) in [5.74, 6) is 1.65. The van der Waals surface area contributed by atoms with Crippen LogP contribution in [-0.2, 0) is 11.2 Å². The van der Waals surface area contributed by atoms with Crippen LogP contribution in [0, 0.1) is 0 Å². The molecule has 0 atom stereocenters. The van der Waals surface area contributed by atoms with Gasteiger partial charge in [0.25, 0.3) is 0 Å². The predicted molar refractivity (Wildman–Crippen MR) is 112 cm³/mol. The topological polar surface area (TPSA) is 68.8 Å². The molecule has 1 aromatic heterocycles. The SMILES string of the molecule is COc1cc(Nc2ccc(NC(=O)Cc3cccs3)cc2)cc(OC)c1OC. The Bertz CT molecular complexity index is 899. The van der Waals surface area contributed by atoms with Crippen LogP contribution in [0.5, 0.6) is 17.2 Å². The number of nitrogens with one attached hydrogen (secondary N) is 2. The van der Waals surface area contributed by atoms with Crippen molar-refractivity contribution in [1.82, 2.24) is 0 Å². The molecule has 6 nitrogen and oxygen atoms in total. The smallest absolute Gasteiger partial charge is 0.229 e. The second-order valence-electron chi connectivity index (χ2n) is 5.92. The van der Waals surface area contributed by atoms with E-state index in [0.29, 0.717) is 23.7 Å². The van der Waals surface area contributed by atoms with Gasteiger partial charge in [-0.15, -0.1) is 11.3 Å². The van der Waals surface area contributed by atoms with Crippen LogP contribution in [0.15, 0.2) is 53.9 Å². The van der Waals surface area contributed by atoms with Crippen molar-refractivity contribution < 1.29 is 19.0 Å². The number of amides is 1. The van der Waals surface area contributed by atoms with Gasteiger partial charge in [0.15, 0.2) is 11.5 Å². The van der Waals surface area contributed by atoms with Crippen molar-refractivity contribution in [2.75, 3.05) is 32.0 Å².